The molecule has 2 saturated carbocycles. The summed E-state index contributed by atoms with van der Waals surface area (Å²) in [6.45, 7) is 2.45. The second kappa shape index (κ2) is 4.60. The molecule has 1 saturated heterocycles. The summed E-state index contributed by atoms with van der Waals surface area (Å²) in [5.74, 6) is 2.14. The molecule has 0 radical (unpaired) electrons. The van der Waals surface area contributed by atoms with E-state index in [1.807, 2.05) is 0 Å². The van der Waals surface area contributed by atoms with E-state index in [0.717, 1.165) is 17.9 Å². The highest BCUT2D eigenvalue weighted by atomic mass is 35.5. The van der Waals surface area contributed by atoms with E-state index in [1.165, 1.54) is 51.6 Å². The Morgan fingerprint density at radius 2 is 1.80 bits per heavy atom. The molecule has 0 aromatic rings. The van der Waals surface area contributed by atoms with Crippen molar-refractivity contribution < 1.29 is 0 Å². The quantitative estimate of drug-likeness (QED) is 0.787. The van der Waals surface area contributed by atoms with Gasteiger partial charge in [-0.05, 0) is 43.9 Å². The fraction of sp³-hybridized carbons (Fsp3) is 1.00. The first-order valence-corrected chi connectivity index (χ1v) is 6.34. The van der Waals surface area contributed by atoms with Crippen LogP contribution in [-0.2, 0) is 0 Å². The zero-order chi connectivity index (χ0) is 9.54. The monoisotopic (exact) mass is 230 g/mol. The summed E-state index contributed by atoms with van der Waals surface area (Å²) in [7, 11) is 0. The maximum Gasteiger partial charge on any atom is 0.0180 e. The summed E-state index contributed by atoms with van der Waals surface area (Å²) >= 11 is 0. The Morgan fingerprint density at radius 3 is 2.40 bits per heavy atom. The van der Waals surface area contributed by atoms with Crippen LogP contribution in [0.15, 0.2) is 0 Å². The summed E-state index contributed by atoms with van der Waals surface area (Å²) in [5, 5.41) is 0. The fourth-order valence-corrected chi connectivity index (χ4v) is 3.61. The second-order valence-corrected chi connectivity index (χ2v) is 5.54. The number of halogens is 1. The Labute approximate surface area is 99.0 Å². The Kier molecular flexibility index (Phi) is 3.59. The number of likely N-dealkylation sites (tertiary alicyclic amines) is 1. The van der Waals surface area contributed by atoms with E-state index >= 15 is 0 Å². The third-order valence-corrected chi connectivity index (χ3v) is 4.48. The lowest BCUT2D eigenvalue weighted by molar-refractivity contribution is 0.181. The lowest BCUT2D eigenvalue weighted by Gasteiger charge is -2.29. The van der Waals surface area contributed by atoms with Crippen LogP contribution < -0.4 is 5.73 Å². The van der Waals surface area contributed by atoms with E-state index in [4.69, 9.17) is 5.73 Å². The molecule has 0 aromatic heterocycles. The fourth-order valence-electron chi connectivity index (χ4n) is 3.61. The number of hydrogen-bond donors (Lipinski definition) is 1. The minimum absolute atomic E-state index is 0. The third kappa shape index (κ3) is 2.32. The number of nitrogens with zero attached hydrogens (tertiary/aromatic N) is 1. The van der Waals surface area contributed by atoms with Crippen LogP contribution in [0.3, 0.4) is 0 Å². The van der Waals surface area contributed by atoms with Gasteiger partial charge in [0.05, 0.1) is 0 Å². The molecule has 3 atom stereocenters. The largest absolute Gasteiger partial charge is 0.326 e. The van der Waals surface area contributed by atoms with Crippen molar-refractivity contribution in [3.05, 3.63) is 0 Å². The van der Waals surface area contributed by atoms with Crippen molar-refractivity contribution in [3.63, 3.8) is 0 Å². The molecule has 1 heterocycles. The van der Waals surface area contributed by atoms with Crippen molar-refractivity contribution in [3.8, 4) is 0 Å². The highest BCUT2D eigenvalue weighted by Gasteiger charge is 2.42. The van der Waals surface area contributed by atoms with Gasteiger partial charge in [-0.25, -0.2) is 0 Å². The first-order valence-electron chi connectivity index (χ1n) is 6.34. The van der Waals surface area contributed by atoms with Gasteiger partial charge >= 0.3 is 0 Å². The molecule has 15 heavy (non-hydrogen) atoms. The molecule has 3 aliphatic rings. The van der Waals surface area contributed by atoms with Crippen LogP contribution in [-0.4, -0.2) is 30.1 Å². The molecular weight excluding hydrogens is 208 g/mol. The maximum atomic E-state index is 5.99. The average molecular weight is 231 g/mol. The number of nitrogens with two attached hydrogens (primary N) is 1. The van der Waals surface area contributed by atoms with Crippen LogP contribution >= 0.6 is 12.4 Å². The van der Waals surface area contributed by atoms with Crippen molar-refractivity contribution in [2.24, 2.45) is 17.6 Å². The number of hydrogen-bond acceptors (Lipinski definition) is 2. The van der Waals surface area contributed by atoms with Gasteiger partial charge in [0.15, 0.2) is 0 Å². The highest BCUT2D eigenvalue weighted by molar-refractivity contribution is 5.85. The molecule has 0 aromatic carbocycles. The van der Waals surface area contributed by atoms with Gasteiger partial charge in [-0.1, -0.05) is 6.42 Å². The van der Waals surface area contributed by atoms with Gasteiger partial charge in [-0.2, -0.15) is 0 Å². The Hall–Kier alpha value is 0.210. The highest BCUT2D eigenvalue weighted by Crippen LogP contribution is 2.47. The van der Waals surface area contributed by atoms with Gasteiger partial charge < -0.3 is 5.73 Å². The molecule has 2 unspecified atom stereocenters. The topological polar surface area (TPSA) is 29.3 Å². The molecular formula is C12H23ClN2. The molecule has 2 nitrogen and oxygen atoms in total. The summed E-state index contributed by atoms with van der Waals surface area (Å²) < 4.78 is 0. The zero-order valence-electron chi connectivity index (χ0n) is 9.40. The molecule has 3 heteroatoms. The lowest BCUT2D eigenvalue weighted by Crippen LogP contribution is -2.38. The van der Waals surface area contributed by atoms with E-state index in [1.54, 1.807) is 0 Å². The van der Waals surface area contributed by atoms with E-state index in [-0.39, 0.29) is 12.4 Å². The van der Waals surface area contributed by atoms with E-state index in [9.17, 15) is 0 Å². The van der Waals surface area contributed by atoms with Gasteiger partial charge in [0.1, 0.15) is 0 Å². The molecule has 3 fully saturated rings. The molecule has 2 aliphatic carbocycles. The normalized spacial score (nSPS) is 41.8. The smallest absolute Gasteiger partial charge is 0.0180 e. The first-order chi connectivity index (χ1) is 6.84. The molecule has 0 bridgehead atoms. The zero-order valence-corrected chi connectivity index (χ0v) is 10.2. The molecule has 0 spiro atoms. The predicted molar refractivity (Wildman–Crippen MR) is 65.3 cm³/mol. The van der Waals surface area contributed by atoms with Gasteiger partial charge in [0.25, 0.3) is 0 Å². The first kappa shape index (κ1) is 11.7. The summed E-state index contributed by atoms with van der Waals surface area (Å²) in [5.41, 5.74) is 5.99. The molecule has 2 N–H and O–H groups in total. The Bertz CT molecular complexity index is 218. The summed E-state index contributed by atoms with van der Waals surface area (Å²) in [6.07, 6.45) is 8.68. The minimum atomic E-state index is 0. The van der Waals surface area contributed by atoms with Crippen LogP contribution in [0.1, 0.15) is 38.5 Å². The summed E-state index contributed by atoms with van der Waals surface area (Å²) in [6, 6.07) is 1.38. The molecule has 1 aliphatic heterocycles. The van der Waals surface area contributed by atoms with Crippen molar-refractivity contribution in [2.45, 2.75) is 50.6 Å². The van der Waals surface area contributed by atoms with Crippen LogP contribution in [0.5, 0.6) is 0 Å². The summed E-state index contributed by atoms with van der Waals surface area (Å²) in [4.78, 5) is 2.70. The van der Waals surface area contributed by atoms with Crippen molar-refractivity contribution >= 4 is 12.4 Å². The van der Waals surface area contributed by atoms with E-state index in [2.05, 4.69) is 4.90 Å². The van der Waals surface area contributed by atoms with Crippen LogP contribution in [0.4, 0.5) is 0 Å². The van der Waals surface area contributed by atoms with Gasteiger partial charge in [-0.15, -0.1) is 12.4 Å². The number of rotatable bonds is 2. The Balaban J connectivity index is 0.000000853. The van der Waals surface area contributed by atoms with Gasteiger partial charge in [-0.3, -0.25) is 4.90 Å². The molecule has 0 amide bonds. The SMILES string of the molecule is Cl.N[C@@H]1CCN(C2CCCC2C2CC2)C1. The maximum absolute atomic E-state index is 5.99. The van der Waals surface area contributed by atoms with Crippen LogP contribution in [0, 0.1) is 11.8 Å². The van der Waals surface area contributed by atoms with Crippen LogP contribution in [0.25, 0.3) is 0 Å². The van der Waals surface area contributed by atoms with Crippen molar-refractivity contribution in [1.82, 2.24) is 4.90 Å². The predicted octanol–water partition coefficient (Wildman–Crippen LogP) is 2.02. The van der Waals surface area contributed by atoms with Crippen molar-refractivity contribution in [2.75, 3.05) is 13.1 Å². The standard InChI is InChI=1S/C12H22N2.ClH/c13-10-6-7-14(8-10)12-3-1-2-11(12)9-4-5-9;/h9-12H,1-8,13H2;1H/t10-,11?,12?;/m1./s1. The minimum Gasteiger partial charge on any atom is -0.326 e. The lowest BCUT2D eigenvalue weighted by atomic mass is 9.97. The average Bonchev–Trinajstić information content (AvgIpc) is 2.75. The molecule has 3 rings (SSSR count). The Morgan fingerprint density at radius 1 is 1.00 bits per heavy atom. The molecule has 88 valence electrons. The van der Waals surface area contributed by atoms with Crippen molar-refractivity contribution in [1.29, 1.82) is 0 Å². The van der Waals surface area contributed by atoms with E-state index in [0.29, 0.717) is 6.04 Å². The van der Waals surface area contributed by atoms with E-state index < -0.39 is 0 Å². The van der Waals surface area contributed by atoms with Gasteiger partial charge in [0, 0.05) is 25.2 Å². The second-order valence-electron chi connectivity index (χ2n) is 5.54. The van der Waals surface area contributed by atoms with Gasteiger partial charge in [0.2, 0.25) is 0 Å². The van der Waals surface area contributed by atoms with Crippen LogP contribution in [0.2, 0.25) is 0 Å². The third-order valence-electron chi connectivity index (χ3n) is 4.48.